The van der Waals surface area contributed by atoms with E-state index in [1.807, 2.05) is 0 Å². The van der Waals surface area contributed by atoms with E-state index in [0.29, 0.717) is 6.61 Å². The normalized spacial score (nSPS) is 26.8. The van der Waals surface area contributed by atoms with E-state index in [0.717, 1.165) is 12.8 Å². The Morgan fingerprint density at radius 2 is 1.82 bits per heavy atom. The number of allylic oxidation sites excluding steroid dienone is 2. The molecule has 3 N–H and O–H groups in total. The van der Waals surface area contributed by atoms with Crippen molar-refractivity contribution in [1.29, 1.82) is 0 Å². The Labute approximate surface area is 133 Å². The Balaban J connectivity index is 2.01. The highest BCUT2D eigenvalue weighted by molar-refractivity contribution is 4.88. The SMILES string of the molecule is C/C=C/CCCCCCCCO[C@H](CO)[C@H]1OC[C@H](O)[C@H]1O. The molecule has 0 saturated carbocycles. The predicted molar refractivity (Wildman–Crippen MR) is 85.7 cm³/mol. The van der Waals surface area contributed by atoms with Crippen LogP contribution in [0.25, 0.3) is 0 Å². The molecule has 1 heterocycles. The summed E-state index contributed by atoms with van der Waals surface area (Å²) in [4.78, 5) is 0. The lowest BCUT2D eigenvalue weighted by Gasteiger charge is -2.24. The van der Waals surface area contributed by atoms with Crippen LogP contribution in [0.1, 0.15) is 51.9 Å². The van der Waals surface area contributed by atoms with Crippen molar-refractivity contribution in [2.24, 2.45) is 0 Å². The van der Waals surface area contributed by atoms with Crippen molar-refractivity contribution in [3.63, 3.8) is 0 Å². The second-order valence-corrected chi connectivity index (χ2v) is 5.93. The third kappa shape index (κ3) is 7.20. The monoisotopic (exact) mass is 316 g/mol. The number of hydrogen-bond acceptors (Lipinski definition) is 5. The van der Waals surface area contributed by atoms with E-state index in [1.165, 1.54) is 32.1 Å². The highest BCUT2D eigenvalue weighted by Gasteiger charge is 2.40. The van der Waals surface area contributed by atoms with E-state index in [9.17, 15) is 15.3 Å². The Kier molecular flexibility index (Phi) is 10.7. The molecule has 0 aromatic rings. The number of aliphatic hydroxyl groups is 3. The molecule has 5 nitrogen and oxygen atoms in total. The van der Waals surface area contributed by atoms with E-state index in [1.54, 1.807) is 0 Å². The molecule has 1 rings (SSSR count). The number of unbranched alkanes of at least 4 members (excludes halogenated alkanes) is 6. The van der Waals surface area contributed by atoms with Crippen LogP contribution in [0.5, 0.6) is 0 Å². The lowest BCUT2D eigenvalue weighted by Crippen LogP contribution is -2.42. The molecule has 0 aromatic carbocycles. The smallest absolute Gasteiger partial charge is 0.114 e. The van der Waals surface area contributed by atoms with Gasteiger partial charge < -0.3 is 24.8 Å². The van der Waals surface area contributed by atoms with Crippen LogP contribution in [0.2, 0.25) is 0 Å². The molecule has 0 radical (unpaired) electrons. The van der Waals surface area contributed by atoms with Gasteiger partial charge in [0.15, 0.2) is 0 Å². The molecule has 1 aliphatic rings. The highest BCUT2D eigenvalue weighted by Crippen LogP contribution is 2.19. The topological polar surface area (TPSA) is 79.2 Å². The Hall–Kier alpha value is -0.460. The lowest BCUT2D eigenvalue weighted by molar-refractivity contribution is -0.101. The zero-order valence-electron chi connectivity index (χ0n) is 13.7. The second-order valence-electron chi connectivity index (χ2n) is 5.93. The first kappa shape index (κ1) is 19.6. The first-order valence-electron chi connectivity index (χ1n) is 8.52. The fourth-order valence-corrected chi connectivity index (χ4v) is 2.68. The molecule has 0 amide bonds. The quantitative estimate of drug-likeness (QED) is 0.378. The second kappa shape index (κ2) is 12.0. The minimum Gasteiger partial charge on any atom is -0.394 e. The van der Waals surface area contributed by atoms with Crippen molar-refractivity contribution in [2.75, 3.05) is 19.8 Å². The summed E-state index contributed by atoms with van der Waals surface area (Å²) in [5, 5.41) is 28.5. The van der Waals surface area contributed by atoms with Crippen LogP contribution in [0.3, 0.4) is 0 Å². The predicted octanol–water partition coefficient (Wildman–Crippen LogP) is 1.79. The van der Waals surface area contributed by atoms with Crippen molar-refractivity contribution in [3.8, 4) is 0 Å². The standard InChI is InChI=1S/C17H32O5/c1-2-3-4-5-6-7-8-9-10-11-21-15(12-18)17-16(20)14(19)13-22-17/h2-3,14-20H,4-13H2,1H3/b3-2+/t14-,15+,16+,17+/m0/s1. The third-order valence-corrected chi connectivity index (χ3v) is 4.07. The maximum Gasteiger partial charge on any atom is 0.114 e. The van der Waals surface area contributed by atoms with Gasteiger partial charge in [0.25, 0.3) is 0 Å². The van der Waals surface area contributed by atoms with Crippen molar-refractivity contribution in [2.45, 2.75) is 76.3 Å². The van der Waals surface area contributed by atoms with Gasteiger partial charge in [-0.15, -0.1) is 0 Å². The van der Waals surface area contributed by atoms with Gasteiger partial charge in [-0.1, -0.05) is 37.8 Å². The fraction of sp³-hybridized carbons (Fsp3) is 0.882. The molecule has 0 bridgehead atoms. The summed E-state index contributed by atoms with van der Waals surface area (Å²) < 4.78 is 10.9. The van der Waals surface area contributed by atoms with E-state index < -0.39 is 24.4 Å². The van der Waals surface area contributed by atoms with E-state index in [4.69, 9.17) is 9.47 Å². The number of aliphatic hydroxyl groups excluding tert-OH is 3. The maximum absolute atomic E-state index is 9.75. The molecule has 130 valence electrons. The van der Waals surface area contributed by atoms with Crippen molar-refractivity contribution < 1.29 is 24.8 Å². The number of rotatable bonds is 12. The molecule has 0 spiro atoms. The summed E-state index contributed by atoms with van der Waals surface area (Å²) in [7, 11) is 0. The van der Waals surface area contributed by atoms with Crippen molar-refractivity contribution in [1.82, 2.24) is 0 Å². The van der Waals surface area contributed by atoms with Crippen LogP contribution in [0.15, 0.2) is 12.2 Å². The summed E-state index contributed by atoms with van der Waals surface area (Å²) in [6.45, 7) is 2.49. The summed E-state index contributed by atoms with van der Waals surface area (Å²) in [5.74, 6) is 0. The first-order valence-corrected chi connectivity index (χ1v) is 8.52. The molecule has 5 heteroatoms. The summed E-state index contributed by atoms with van der Waals surface area (Å²) in [6, 6.07) is 0. The van der Waals surface area contributed by atoms with Crippen LogP contribution in [0, 0.1) is 0 Å². The molecule has 0 aromatic heterocycles. The van der Waals surface area contributed by atoms with Gasteiger partial charge in [-0.3, -0.25) is 0 Å². The Morgan fingerprint density at radius 1 is 1.14 bits per heavy atom. The Morgan fingerprint density at radius 3 is 2.41 bits per heavy atom. The van der Waals surface area contributed by atoms with Gasteiger partial charge in [-0.2, -0.15) is 0 Å². The summed E-state index contributed by atoms with van der Waals surface area (Å²) in [6.07, 6.45) is 9.44. The summed E-state index contributed by atoms with van der Waals surface area (Å²) in [5.41, 5.74) is 0. The fourth-order valence-electron chi connectivity index (χ4n) is 2.68. The van der Waals surface area contributed by atoms with Crippen molar-refractivity contribution in [3.05, 3.63) is 12.2 Å². The van der Waals surface area contributed by atoms with E-state index >= 15 is 0 Å². The van der Waals surface area contributed by atoms with Crippen LogP contribution >= 0.6 is 0 Å². The van der Waals surface area contributed by atoms with Crippen LogP contribution in [-0.4, -0.2) is 59.6 Å². The molecular weight excluding hydrogens is 284 g/mol. The zero-order valence-corrected chi connectivity index (χ0v) is 13.7. The van der Waals surface area contributed by atoms with Gasteiger partial charge in [0, 0.05) is 6.61 Å². The first-order chi connectivity index (χ1) is 10.7. The van der Waals surface area contributed by atoms with Gasteiger partial charge in [0.1, 0.15) is 24.4 Å². The molecule has 0 aliphatic carbocycles. The lowest BCUT2D eigenvalue weighted by atomic mass is 10.1. The van der Waals surface area contributed by atoms with Gasteiger partial charge in [-0.25, -0.2) is 0 Å². The minimum absolute atomic E-state index is 0.0961. The minimum atomic E-state index is -0.977. The molecule has 1 aliphatic heterocycles. The number of ether oxygens (including phenoxy) is 2. The molecule has 0 unspecified atom stereocenters. The molecule has 1 saturated heterocycles. The average Bonchev–Trinajstić information content (AvgIpc) is 2.85. The van der Waals surface area contributed by atoms with Gasteiger partial charge in [0.2, 0.25) is 0 Å². The molecule has 1 fully saturated rings. The molecule has 4 atom stereocenters. The molecule has 22 heavy (non-hydrogen) atoms. The third-order valence-electron chi connectivity index (χ3n) is 4.07. The highest BCUT2D eigenvalue weighted by atomic mass is 16.6. The zero-order chi connectivity index (χ0) is 16.2. The number of hydrogen-bond donors (Lipinski definition) is 3. The van der Waals surface area contributed by atoms with Crippen molar-refractivity contribution >= 4 is 0 Å². The van der Waals surface area contributed by atoms with E-state index in [-0.39, 0.29) is 13.2 Å². The largest absolute Gasteiger partial charge is 0.394 e. The van der Waals surface area contributed by atoms with Crippen LogP contribution in [-0.2, 0) is 9.47 Å². The van der Waals surface area contributed by atoms with Gasteiger partial charge in [-0.05, 0) is 26.2 Å². The van der Waals surface area contributed by atoms with E-state index in [2.05, 4.69) is 19.1 Å². The van der Waals surface area contributed by atoms with Crippen LogP contribution < -0.4 is 0 Å². The van der Waals surface area contributed by atoms with Gasteiger partial charge in [0.05, 0.1) is 13.2 Å². The maximum atomic E-state index is 9.75. The molecular formula is C17H32O5. The summed E-state index contributed by atoms with van der Waals surface area (Å²) >= 11 is 0. The van der Waals surface area contributed by atoms with Gasteiger partial charge >= 0.3 is 0 Å². The Bertz CT molecular complexity index is 295. The average molecular weight is 316 g/mol. The van der Waals surface area contributed by atoms with Crippen LogP contribution in [0.4, 0.5) is 0 Å².